The Morgan fingerprint density at radius 1 is 1.26 bits per heavy atom. The van der Waals surface area contributed by atoms with Crippen LogP contribution < -0.4 is 10.6 Å². The Morgan fingerprint density at radius 2 is 1.91 bits per heavy atom. The molecule has 4 aliphatic rings. The molecule has 4 fully saturated rings. The van der Waals surface area contributed by atoms with Crippen molar-refractivity contribution >= 4 is 6.03 Å². The van der Waals surface area contributed by atoms with Gasteiger partial charge in [-0.3, -0.25) is 0 Å². The molecule has 4 bridgehead atoms. The van der Waals surface area contributed by atoms with E-state index in [1.807, 2.05) is 12.1 Å². The highest BCUT2D eigenvalue weighted by atomic mass is 16.3. The van der Waals surface area contributed by atoms with Gasteiger partial charge in [-0.1, -0.05) is 6.92 Å². The second-order valence-corrected chi connectivity index (χ2v) is 8.15. The number of carbonyl (C=O) groups is 1. The van der Waals surface area contributed by atoms with Gasteiger partial charge in [0, 0.05) is 6.04 Å². The van der Waals surface area contributed by atoms with Gasteiger partial charge in [-0.15, -0.1) is 0 Å². The van der Waals surface area contributed by atoms with Crippen molar-refractivity contribution in [3.8, 4) is 0 Å². The van der Waals surface area contributed by atoms with Crippen LogP contribution in [-0.4, -0.2) is 12.1 Å². The summed E-state index contributed by atoms with van der Waals surface area (Å²) in [6.45, 7) is 2.67. The zero-order valence-corrected chi connectivity index (χ0v) is 14.0. The van der Waals surface area contributed by atoms with E-state index in [1.165, 1.54) is 38.5 Å². The number of furan rings is 1. The van der Waals surface area contributed by atoms with Crippen LogP contribution in [0.4, 0.5) is 4.79 Å². The topological polar surface area (TPSA) is 54.3 Å². The van der Waals surface area contributed by atoms with Crippen molar-refractivity contribution < 1.29 is 9.21 Å². The van der Waals surface area contributed by atoms with E-state index in [0.717, 1.165) is 29.9 Å². The predicted molar refractivity (Wildman–Crippen MR) is 88.8 cm³/mol. The molecule has 1 aromatic heterocycles. The first kappa shape index (κ1) is 15.1. The minimum absolute atomic E-state index is 0.0519. The van der Waals surface area contributed by atoms with Gasteiger partial charge < -0.3 is 15.1 Å². The first-order chi connectivity index (χ1) is 11.2. The standard InChI is InChI=1S/C19H28N2O2/c1-2-17(21-18(22)20-12-16-4-3-5-23-16)19-9-13-6-14(10-19)8-15(7-13)11-19/h3-5,13-15,17H,2,6-12H2,1H3,(H2,20,21,22)/t13?,14?,15?,17-,19?/m0/s1. The molecule has 126 valence electrons. The van der Waals surface area contributed by atoms with Gasteiger partial charge in [-0.2, -0.15) is 0 Å². The summed E-state index contributed by atoms with van der Waals surface area (Å²) in [5.41, 5.74) is 0.367. The Balaban J connectivity index is 1.39. The third kappa shape index (κ3) is 2.88. The van der Waals surface area contributed by atoms with Gasteiger partial charge in [0.15, 0.2) is 0 Å². The van der Waals surface area contributed by atoms with Crippen LogP contribution in [0.2, 0.25) is 0 Å². The molecule has 2 N–H and O–H groups in total. The summed E-state index contributed by atoms with van der Waals surface area (Å²) in [6.07, 6.45) is 11.0. The molecule has 4 heteroatoms. The maximum Gasteiger partial charge on any atom is 0.315 e. The van der Waals surface area contributed by atoms with Gasteiger partial charge in [0.05, 0.1) is 12.8 Å². The molecule has 0 aromatic carbocycles. The molecule has 0 aliphatic heterocycles. The third-order valence-electron chi connectivity index (χ3n) is 6.54. The number of rotatable bonds is 5. The highest BCUT2D eigenvalue weighted by molar-refractivity contribution is 5.74. The monoisotopic (exact) mass is 316 g/mol. The fraction of sp³-hybridized carbons (Fsp3) is 0.737. The van der Waals surface area contributed by atoms with Gasteiger partial charge in [-0.05, 0) is 80.2 Å². The van der Waals surface area contributed by atoms with E-state index in [9.17, 15) is 4.79 Å². The molecule has 1 aromatic rings. The largest absolute Gasteiger partial charge is 0.467 e. The van der Waals surface area contributed by atoms with E-state index in [-0.39, 0.29) is 6.03 Å². The molecule has 0 radical (unpaired) electrons. The maximum absolute atomic E-state index is 12.3. The van der Waals surface area contributed by atoms with Crippen molar-refractivity contribution in [1.29, 1.82) is 0 Å². The lowest BCUT2D eigenvalue weighted by molar-refractivity contribution is -0.0721. The van der Waals surface area contributed by atoms with Crippen molar-refractivity contribution in [2.45, 2.75) is 64.5 Å². The Morgan fingerprint density at radius 3 is 2.43 bits per heavy atom. The van der Waals surface area contributed by atoms with E-state index in [4.69, 9.17) is 4.42 Å². The van der Waals surface area contributed by atoms with Crippen LogP contribution in [0.25, 0.3) is 0 Å². The highest BCUT2D eigenvalue weighted by Gasteiger charge is 2.53. The second-order valence-electron chi connectivity index (χ2n) is 8.15. The fourth-order valence-electron chi connectivity index (χ4n) is 6.08. The van der Waals surface area contributed by atoms with E-state index < -0.39 is 0 Å². The van der Waals surface area contributed by atoms with Gasteiger partial charge in [0.2, 0.25) is 0 Å². The highest BCUT2D eigenvalue weighted by Crippen LogP contribution is 2.61. The second kappa shape index (κ2) is 5.88. The summed E-state index contributed by atoms with van der Waals surface area (Å²) in [5.74, 6) is 3.55. The quantitative estimate of drug-likeness (QED) is 0.860. The van der Waals surface area contributed by atoms with Crippen LogP contribution in [0.5, 0.6) is 0 Å². The minimum atomic E-state index is -0.0519. The zero-order chi connectivity index (χ0) is 15.9. The van der Waals surface area contributed by atoms with Crippen molar-refractivity contribution in [2.75, 3.05) is 0 Å². The molecule has 0 spiro atoms. The summed E-state index contributed by atoms with van der Waals surface area (Å²) in [6, 6.07) is 3.99. The van der Waals surface area contributed by atoms with Crippen molar-refractivity contribution in [3.05, 3.63) is 24.2 Å². The lowest BCUT2D eigenvalue weighted by Gasteiger charge is -2.59. The van der Waals surface area contributed by atoms with E-state index in [0.29, 0.717) is 18.0 Å². The Hall–Kier alpha value is -1.45. The fourth-order valence-corrected chi connectivity index (χ4v) is 6.08. The van der Waals surface area contributed by atoms with Crippen LogP contribution in [0.3, 0.4) is 0 Å². The summed E-state index contributed by atoms with van der Waals surface area (Å²) in [7, 11) is 0. The third-order valence-corrected chi connectivity index (χ3v) is 6.54. The number of carbonyl (C=O) groups excluding carboxylic acids is 1. The first-order valence-corrected chi connectivity index (χ1v) is 9.23. The van der Waals surface area contributed by atoms with E-state index in [2.05, 4.69) is 17.6 Å². The zero-order valence-electron chi connectivity index (χ0n) is 14.0. The van der Waals surface area contributed by atoms with Gasteiger partial charge in [0.25, 0.3) is 0 Å². The molecule has 0 unspecified atom stereocenters. The lowest BCUT2D eigenvalue weighted by atomic mass is 9.47. The molecule has 1 heterocycles. The Labute approximate surface area is 138 Å². The molecule has 0 saturated heterocycles. The minimum Gasteiger partial charge on any atom is -0.467 e. The summed E-state index contributed by atoms with van der Waals surface area (Å²) < 4.78 is 5.27. The Kier molecular flexibility index (Phi) is 3.86. The van der Waals surface area contributed by atoms with E-state index >= 15 is 0 Å². The van der Waals surface area contributed by atoms with Crippen LogP contribution in [0.15, 0.2) is 22.8 Å². The van der Waals surface area contributed by atoms with Crippen LogP contribution in [0, 0.1) is 23.2 Å². The molecule has 2 amide bonds. The summed E-state index contributed by atoms with van der Waals surface area (Å²) in [5, 5.41) is 6.23. The SMILES string of the molecule is CC[C@H](NC(=O)NCc1ccco1)C12CC3CC(CC(C3)C1)C2. The molecule has 5 rings (SSSR count). The van der Waals surface area contributed by atoms with Gasteiger partial charge >= 0.3 is 6.03 Å². The molecule has 4 nitrogen and oxygen atoms in total. The molecular weight excluding hydrogens is 288 g/mol. The molecular formula is C19H28N2O2. The number of amides is 2. The van der Waals surface area contributed by atoms with E-state index in [1.54, 1.807) is 6.26 Å². The Bertz CT molecular complexity index is 516. The van der Waals surface area contributed by atoms with Crippen molar-refractivity contribution in [3.63, 3.8) is 0 Å². The number of urea groups is 1. The predicted octanol–water partition coefficient (Wildman–Crippen LogP) is 4.07. The summed E-state index contributed by atoms with van der Waals surface area (Å²) in [4.78, 5) is 12.3. The molecule has 4 saturated carbocycles. The number of hydrogen-bond donors (Lipinski definition) is 2. The maximum atomic E-state index is 12.3. The summed E-state index contributed by atoms with van der Waals surface area (Å²) >= 11 is 0. The molecule has 23 heavy (non-hydrogen) atoms. The van der Waals surface area contributed by atoms with Crippen LogP contribution in [0.1, 0.15) is 57.6 Å². The normalized spacial score (nSPS) is 36.0. The average molecular weight is 316 g/mol. The van der Waals surface area contributed by atoms with Gasteiger partial charge in [0.1, 0.15) is 5.76 Å². The lowest BCUT2D eigenvalue weighted by Crippen LogP contribution is -2.57. The number of hydrogen-bond acceptors (Lipinski definition) is 2. The van der Waals surface area contributed by atoms with Crippen LogP contribution >= 0.6 is 0 Å². The smallest absolute Gasteiger partial charge is 0.315 e. The average Bonchev–Trinajstić information content (AvgIpc) is 3.02. The number of nitrogens with one attached hydrogen (secondary N) is 2. The van der Waals surface area contributed by atoms with Crippen LogP contribution in [-0.2, 0) is 6.54 Å². The van der Waals surface area contributed by atoms with Gasteiger partial charge in [-0.25, -0.2) is 4.79 Å². The van der Waals surface area contributed by atoms with Crippen molar-refractivity contribution in [2.24, 2.45) is 23.2 Å². The molecule has 4 aliphatic carbocycles. The first-order valence-electron chi connectivity index (χ1n) is 9.23. The molecule has 1 atom stereocenters. The van der Waals surface area contributed by atoms with Crippen molar-refractivity contribution in [1.82, 2.24) is 10.6 Å².